The molecule has 0 bridgehead atoms. The van der Waals surface area contributed by atoms with E-state index in [2.05, 4.69) is 5.32 Å². The average molecular weight is 273 g/mol. The van der Waals surface area contributed by atoms with Crippen molar-refractivity contribution in [3.63, 3.8) is 0 Å². The second kappa shape index (κ2) is 5.92. The number of hydrogen-bond acceptors (Lipinski definition) is 2. The monoisotopic (exact) mass is 273 g/mol. The number of halogens is 3. The molecule has 0 unspecified atom stereocenters. The molecule has 2 nitrogen and oxygen atoms in total. The maximum absolute atomic E-state index is 13.0. The number of hydrogen-bond donors (Lipinski definition) is 2. The van der Waals surface area contributed by atoms with E-state index >= 15 is 0 Å². The zero-order valence-corrected chi connectivity index (χ0v) is 10.7. The Bertz CT molecular complexity index is 421. The van der Waals surface area contributed by atoms with Gasteiger partial charge in [0.05, 0.1) is 0 Å². The number of aliphatic hydroxyl groups is 1. The summed E-state index contributed by atoms with van der Waals surface area (Å²) >= 11 is 0. The lowest BCUT2D eigenvalue weighted by atomic mass is 9.87. The smallest absolute Gasteiger partial charge is 0.194 e. The fourth-order valence-corrected chi connectivity index (χ4v) is 2.70. The van der Waals surface area contributed by atoms with Gasteiger partial charge in [0.2, 0.25) is 0 Å². The van der Waals surface area contributed by atoms with Crippen LogP contribution >= 0.6 is 0 Å². The summed E-state index contributed by atoms with van der Waals surface area (Å²) in [6, 6.07) is 1.98. The fraction of sp³-hybridized carbons (Fsp3) is 0.571. The molecular weight excluding hydrogens is 255 g/mol. The van der Waals surface area contributed by atoms with Gasteiger partial charge in [0, 0.05) is 25.1 Å². The van der Waals surface area contributed by atoms with Crippen LogP contribution in [0.25, 0.3) is 0 Å². The molecule has 1 aliphatic carbocycles. The van der Waals surface area contributed by atoms with Crippen molar-refractivity contribution in [3.8, 4) is 0 Å². The SMILES string of the molecule is OCC1(CNCc2cc(F)c(F)c(F)c2)CCCC1. The second-order valence-electron chi connectivity index (χ2n) is 5.34. The summed E-state index contributed by atoms with van der Waals surface area (Å²) in [6.45, 7) is 0.978. The van der Waals surface area contributed by atoms with Crippen molar-refractivity contribution in [2.75, 3.05) is 13.2 Å². The number of benzene rings is 1. The molecule has 1 aromatic carbocycles. The van der Waals surface area contributed by atoms with Gasteiger partial charge in [-0.1, -0.05) is 12.8 Å². The number of aliphatic hydroxyl groups excluding tert-OH is 1. The maximum Gasteiger partial charge on any atom is 0.194 e. The first-order chi connectivity index (χ1) is 9.06. The van der Waals surface area contributed by atoms with E-state index in [1.807, 2.05) is 0 Å². The standard InChI is InChI=1S/C14H18F3NO/c15-11-5-10(6-12(16)13(11)17)7-18-8-14(9-19)3-1-2-4-14/h5-6,18-19H,1-4,7-9H2. The number of rotatable bonds is 5. The molecule has 1 fully saturated rings. The highest BCUT2D eigenvalue weighted by atomic mass is 19.2. The molecule has 19 heavy (non-hydrogen) atoms. The van der Waals surface area contributed by atoms with Gasteiger partial charge in [0.1, 0.15) is 0 Å². The molecule has 0 aliphatic heterocycles. The molecule has 0 heterocycles. The first-order valence-corrected chi connectivity index (χ1v) is 6.51. The van der Waals surface area contributed by atoms with E-state index in [9.17, 15) is 18.3 Å². The van der Waals surface area contributed by atoms with Crippen LogP contribution in [0.3, 0.4) is 0 Å². The van der Waals surface area contributed by atoms with E-state index in [4.69, 9.17) is 0 Å². The van der Waals surface area contributed by atoms with Crippen LogP contribution in [-0.4, -0.2) is 18.3 Å². The van der Waals surface area contributed by atoms with Crippen LogP contribution in [0.4, 0.5) is 13.2 Å². The molecule has 1 aromatic rings. The average Bonchev–Trinajstić information content (AvgIpc) is 2.85. The Morgan fingerprint density at radius 1 is 1.11 bits per heavy atom. The summed E-state index contributed by atoms with van der Waals surface area (Å²) in [7, 11) is 0. The van der Waals surface area contributed by atoms with Crippen molar-refractivity contribution < 1.29 is 18.3 Å². The largest absolute Gasteiger partial charge is 0.396 e. The Labute approximate surface area is 110 Å². The highest BCUT2D eigenvalue weighted by Crippen LogP contribution is 2.36. The van der Waals surface area contributed by atoms with Gasteiger partial charge >= 0.3 is 0 Å². The summed E-state index contributed by atoms with van der Waals surface area (Å²) in [5, 5.41) is 12.5. The highest BCUT2D eigenvalue weighted by molar-refractivity contribution is 5.19. The molecule has 2 N–H and O–H groups in total. The molecule has 0 amide bonds. The van der Waals surface area contributed by atoms with Crippen molar-refractivity contribution in [2.45, 2.75) is 32.2 Å². The van der Waals surface area contributed by atoms with Gasteiger partial charge in [-0.25, -0.2) is 13.2 Å². The summed E-state index contributed by atoms with van der Waals surface area (Å²) in [6.07, 6.45) is 4.12. The van der Waals surface area contributed by atoms with Crippen molar-refractivity contribution in [1.82, 2.24) is 5.32 Å². The van der Waals surface area contributed by atoms with Gasteiger partial charge < -0.3 is 10.4 Å². The third-order valence-corrected chi connectivity index (χ3v) is 3.87. The Hall–Kier alpha value is -1.07. The predicted molar refractivity (Wildman–Crippen MR) is 66.0 cm³/mol. The zero-order chi connectivity index (χ0) is 13.9. The summed E-state index contributed by atoms with van der Waals surface area (Å²) in [5.74, 6) is -3.78. The summed E-state index contributed by atoms with van der Waals surface area (Å²) in [5.41, 5.74) is 0.249. The third kappa shape index (κ3) is 3.28. The minimum Gasteiger partial charge on any atom is -0.396 e. The van der Waals surface area contributed by atoms with Gasteiger partial charge in [-0.15, -0.1) is 0 Å². The molecule has 0 spiro atoms. The van der Waals surface area contributed by atoms with E-state index in [-0.39, 0.29) is 18.6 Å². The normalized spacial score (nSPS) is 17.9. The Kier molecular flexibility index (Phi) is 4.47. The van der Waals surface area contributed by atoms with Crippen LogP contribution in [-0.2, 0) is 6.54 Å². The van der Waals surface area contributed by atoms with E-state index in [0.717, 1.165) is 37.8 Å². The molecule has 5 heteroatoms. The van der Waals surface area contributed by atoms with Gasteiger partial charge in [-0.2, -0.15) is 0 Å². The lowest BCUT2D eigenvalue weighted by Crippen LogP contribution is -2.34. The minimum absolute atomic E-state index is 0.114. The van der Waals surface area contributed by atoms with Crippen molar-refractivity contribution in [2.24, 2.45) is 5.41 Å². The summed E-state index contributed by atoms with van der Waals surface area (Å²) < 4.78 is 38.8. The zero-order valence-electron chi connectivity index (χ0n) is 10.7. The highest BCUT2D eigenvalue weighted by Gasteiger charge is 2.32. The van der Waals surface area contributed by atoms with E-state index in [0.29, 0.717) is 12.1 Å². The van der Waals surface area contributed by atoms with E-state index < -0.39 is 17.5 Å². The Balaban J connectivity index is 1.92. The second-order valence-corrected chi connectivity index (χ2v) is 5.34. The molecule has 106 valence electrons. The molecule has 1 saturated carbocycles. The lowest BCUT2D eigenvalue weighted by Gasteiger charge is -2.26. The van der Waals surface area contributed by atoms with E-state index in [1.165, 1.54) is 0 Å². The molecule has 1 aliphatic rings. The van der Waals surface area contributed by atoms with Crippen molar-refractivity contribution in [1.29, 1.82) is 0 Å². The van der Waals surface area contributed by atoms with Crippen LogP contribution < -0.4 is 5.32 Å². The molecule has 0 aromatic heterocycles. The Morgan fingerprint density at radius 2 is 1.68 bits per heavy atom. The molecule has 0 saturated heterocycles. The van der Waals surface area contributed by atoms with Crippen LogP contribution in [0.15, 0.2) is 12.1 Å². The first-order valence-electron chi connectivity index (χ1n) is 6.51. The van der Waals surface area contributed by atoms with Crippen LogP contribution in [0, 0.1) is 22.9 Å². The van der Waals surface area contributed by atoms with Crippen molar-refractivity contribution in [3.05, 3.63) is 35.1 Å². The van der Waals surface area contributed by atoms with Gasteiger partial charge in [-0.3, -0.25) is 0 Å². The lowest BCUT2D eigenvalue weighted by molar-refractivity contribution is 0.128. The molecular formula is C14H18F3NO. The maximum atomic E-state index is 13.0. The van der Waals surface area contributed by atoms with E-state index in [1.54, 1.807) is 0 Å². The summed E-state index contributed by atoms with van der Waals surface area (Å²) in [4.78, 5) is 0. The van der Waals surface area contributed by atoms with Crippen LogP contribution in [0.5, 0.6) is 0 Å². The van der Waals surface area contributed by atoms with Crippen molar-refractivity contribution >= 4 is 0 Å². The quantitative estimate of drug-likeness (QED) is 0.809. The first kappa shape index (κ1) is 14.3. The fourth-order valence-electron chi connectivity index (χ4n) is 2.70. The third-order valence-electron chi connectivity index (χ3n) is 3.87. The molecule has 0 radical (unpaired) electrons. The topological polar surface area (TPSA) is 32.3 Å². The molecule has 2 rings (SSSR count). The van der Waals surface area contributed by atoms with Gasteiger partial charge in [0.15, 0.2) is 17.5 Å². The number of nitrogens with one attached hydrogen (secondary N) is 1. The van der Waals surface area contributed by atoms with Gasteiger partial charge in [0.25, 0.3) is 0 Å². The minimum atomic E-state index is -1.44. The predicted octanol–water partition coefficient (Wildman–Crippen LogP) is 2.75. The van der Waals surface area contributed by atoms with Crippen LogP contribution in [0.1, 0.15) is 31.2 Å². The van der Waals surface area contributed by atoms with Gasteiger partial charge in [-0.05, 0) is 30.5 Å². The van der Waals surface area contributed by atoms with Crippen LogP contribution in [0.2, 0.25) is 0 Å². The Morgan fingerprint density at radius 3 is 2.21 bits per heavy atom. The molecule has 0 atom stereocenters.